The van der Waals surface area contributed by atoms with Crippen molar-refractivity contribution >= 4 is 6.09 Å². The molecule has 0 saturated carbocycles. The van der Waals surface area contributed by atoms with Crippen LogP contribution in [0, 0.1) is 5.41 Å². The van der Waals surface area contributed by atoms with Gasteiger partial charge >= 0.3 is 6.09 Å². The lowest BCUT2D eigenvalue weighted by molar-refractivity contribution is -0.119. The molecule has 0 aromatic heterocycles. The summed E-state index contributed by atoms with van der Waals surface area (Å²) in [5.74, 6) is -3.11. The highest BCUT2D eigenvalue weighted by Gasteiger charge is 2.49. The van der Waals surface area contributed by atoms with Crippen LogP contribution in [-0.4, -0.2) is 46.8 Å². The molecule has 1 aliphatic heterocycles. The molecule has 0 aromatic rings. The molecule has 1 amide bonds. The smallest absolute Gasteiger partial charge is 0.410 e. The number of rotatable bonds is 3. The minimum absolute atomic E-state index is 0.208. The van der Waals surface area contributed by atoms with Gasteiger partial charge in [0, 0.05) is 19.6 Å². The highest BCUT2D eigenvalue weighted by molar-refractivity contribution is 5.69. The number of aliphatic hydroxyl groups excluding tert-OH is 1. The zero-order chi connectivity index (χ0) is 16.5. The van der Waals surface area contributed by atoms with Gasteiger partial charge in [-0.25, -0.2) is 13.6 Å². The Balaban J connectivity index is 2.97. The van der Waals surface area contributed by atoms with E-state index in [2.05, 4.69) is 0 Å². The van der Waals surface area contributed by atoms with Gasteiger partial charge in [0.1, 0.15) is 5.60 Å². The maximum Gasteiger partial charge on any atom is 0.410 e. The van der Waals surface area contributed by atoms with Crippen molar-refractivity contribution < 1.29 is 23.4 Å². The molecule has 1 N–H and O–H groups in total. The topological polar surface area (TPSA) is 49.8 Å². The van der Waals surface area contributed by atoms with E-state index in [1.807, 2.05) is 13.8 Å². The first kappa shape index (κ1) is 18.1. The number of carbonyl (C=O) groups excluding carboxylic acids is 1. The van der Waals surface area contributed by atoms with Crippen molar-refractivity contribution in [3.05, 3.63) is 0 Å². The second-order valence-corrected chi connectivity index (χ2v) is 7.56. The summed E-state index contributed by atoms with van der Waals surface area (Å²) in [7, 11) is 0. The molecule has 1 aliphatic rings. The average molecular weight is 307 g/mol. The van der Waals surface area contributed by atoms with Gasteiger partial charge in [-0.2, -0.15) is 0 Å². The van der Waals surface area contributed by atoms with E-state index in [0.717, 1.165) is 4.90 Å². The third-order valence-corrected chi connectivity index (χ3v) is 3.63. The number of halogens is 2. The van der Waals surface area contributed by atoms with Crippen LogP contribution in [0.25, 0.3) is 0 Å². The fourth-order valence-electron chi connectivity index (χ4n) is 2.60. The highest BCUT2D eigenvalue weighted by Crippen LogP contribution is 2.40. The number of hydrogen-bond acceptors (Lipinski definition) is 3. The van der Waals surface area contributed by atoms with Gasteiger partial charge in [0.2, 0.25) is 0 Å². The average Bonchev–Trinajstić information content (AvgIpc) is 2.24. The number of carbonyl (C=O) groups is 1. The van der Waals surface area contributed by atoms with Crippen molar-refractivity contribution in [2.45, 2.75) is 71.4 Å². The Bertz CT molecular complexity index is 378. The third kappa shape index (κ3) is 5.09. The predicted octanol–water partition coefficient (Wildman–Crippen LogP) is 3.43. The first-order chi connectivity index (χ1) is 9.38. The number of hydrogen-bond donors (Lipinski definition) is 1. The molecule has 1 saturated heterocycles. The van der Waals surface area contributed by atoms with E-state index in [4.69, 9.17) is 9.84 Å². The van der Waals surface area contributed by atoms with E-state index in [0.29, 0.717) is 6.42 Å². The number of aliphatic hydroxyl groups is 1. The fourth-order valence-corrected chi connectivity index (χ4v) is 2.60. The number of alkyl halides is 2. The molecule has 1 fully saturated rings. The summed E-state index contributed by atoms with van der Waals surface area (Å²) in [6.45, 7) is 8.65. The summed E-state index contributed by atoms with van der Waals surface area (Å²) in [5, 5.41) is 8.83. The van der Waals surface area contributed by atoms with Crippen molar-refractivity contribution in [1.29, 1.82) is 0 Å². The molecule has 124 valence electrons. The SMILES string of the molecule is CC1(C)CCC(C(F)(F)CCO)N(C(=O)OC(C)(C)C)C1. The predicted molar refractivity (Wildman–Crippen MR) is 76.4 cm³/mol. The Morgan fingerprint density at radius 1 is 1.38 bits per heavy atom. The van der Waals surface area contributed by atoms with E-state index >= 15 is 0 Å². The zero-order valence-corrected chi connectivity index (χ0v) is 13.6. The van der Waals surface area contributed by atoms with Gasteiger partial charge in [-0.05, 0) is 39.0 Å². The van der Waals surface area contributed by atoms with E-state index in [1.165, 1.54) is 0 Å². The molecular weight excluding hydrogens is 280 g/mol. The quantitative estimate of drug-likeness (QED) is 0.869. The maximum atomic E-state index is 14.2. The largest absolute Gasteiger partial charge is 0.444 e. The molecule has 0 radical (unpaired) electrons. The minimum Gasteiger partial charge on any atom is -0.444 e. The molecule has 21 heavy (non-hydrogen) atoms. The first-order valence-corrected chi connectivity index (χ1v) is 7.36. The molecule has 1 rings (SSSR count). The van der Waals surface area contributed by atoms with E-state index in [-0.39, 0.29) is 18.4 Å². The summed E-state index contributed by atoms with van der Waals surface area (Å²) in [6.07, 6.45) is -0.535. The van der Waals surface area contributed by atoms with Crippen LogP contribution in [0.2, 0.25) is 0 Å². The van der Waals surface area contributed by atoms with Gasteiger partial charge in [0.05, 0.1) is 6.04 Å². The Labute approximate surface area is 125 Å². The van der Waals surface area contributed by atoms with Crippen LogP contribution in [0.5, 0.6) is 0 Å². The van der Waals surface area contributed by atoms with Gasteiger partial charge in [-0.1, -0.05) is 13.8 Å². The lowest BCUT2D eigenvalue weighted by Crippen LogP contribution is -2.57. The first-order valence-electron chi connectivity index (χ1n) is 7.36. The highest BCUT2D eigenvalue weighted by atomic mass is 19.3. The molecule has 0 bridgehead atoms. The van der Waals surface area contributed by atoms with E-state index in [1.54, 1.807) is 20.8 Å². The number of likely N-dealkylation sites (tertiary alicyclic amines) is 1. The van der Waals surface area contributed by atoms with Crippen LogP contribution in [0.4, 0.5) is 13.6 Å². The summed E-state index contributed by atoms with van der Waals surface area (Å²) >= 11 is 0. The number of piperidine rings is 1. The minimum atomic E-state index is -3.11. The molecule has 1 unspecified atom stereocenters. The monoisotopic (exact) mass is 307 g/mol. The Morgan fingerprint density at radius 2 is 1.95 bits per heavy atom. The van der Waals surface area contributed by atoms with Crippen LogP contribution in [0.15, 0.2) is 0 Å². The fraction of sp³-hybridized carbons (Fsp3) is 0.933. The molecule has 4 nitrogen and oxygen atoms in total. The molecule has 0 spiro atoms. The van der Waals surface area contributed by atoms with Gasteiger partial charge < -0.3 is 9.84 Å². The van der Waals surface area contributed by atoms with Crippen LogP contribution in [0.3, 0.4) is 0 Å². The van der Waals surface area contributed by atoms with Crippen molar-refractivity contribution in [3.8, 4) is 0 Å². The van der Waals surface area contributed by atoms with Gasteiger partial charge in [0.15, 0.2) is 0 Å². The number of amides is 1. The van der Waals surface area contributed by atoms with Crippen molar-refractivity contribution in [3.63, 3.8) is 0 Å². The Hall–Kier alpha value is -0.910. The molecule has 6 heteroatoms. The standard InChI is InChI=1S/C15H27F2NO3/c1-13(2,3)21-12(20)18-10-14(4,5)7-6-11(18)15(16,17)8-9-19/h11,19H,6-10H2,1-5H3. The Kier molecular flexibility index (Phi) is 5.24. The van der Waals surface area contributed by atoms with Crippen LogP contribution in [0.1, 0.15) is 53.9 Å². The molecule has 0 aromatic carbocycles. The molecule has 0 aliphatic carbocycles. The summed E-state index contributed by atoms with van der Waals surface area (Å²) < 4.78 is 33.7. The van der Waals surface area contributed by atoms with Crippen LogP contribution < -0.4 is 0 Å². The lowest BCUT2D eigenvalue weighted by atomic mass is 9.79. The van der Waals surface area contributed by atoms with Crippen molar-refractivity contribution in [2.75, 3.05) is 13.2 Å². The van der Waals surface area contributed by atoms with Crippen LogP contribution in [-0.2, 0) is 4.74 Å². The third-order valence-electron chi connectivity index (χ3n) is 3.63. The van der Waals surface area contributed by atoms with E-state index < -0.39 is 36.7 Å². The van der Waals surface area contributed by atoms with Gasteiger partial charge in [-0.3, -0.25) is 4.90 Å². The molecule has 1 atom stereocenters. The Morgan fingerprint density at radius 3 is 2.43 bits per heavy atom. The number of ether oxygens (including phenoxy) is 1. The molecular formula is C15H27F2NO3. The van der Waals surface area contributed by atoms with Gasteiger partial charge in [0.25, 0.3) is 5.92 Å². The molecule has 1 heterocycles. The van der Waals surface area contributed by atoms with Crippen molar-refractivity contribution in [1.82, 2.24) is 4.90 Å². The number of nitrogens with zero attached hydrogens (tertiary/aromatic N) is 1. The van der Waals surface area contributed by atoms with Gasteiger partial charge in [-0.15, -0.1) is 0 Å². The summed E-state index contributed by atoms with van der Waals surface area (Å²) in [4.78, 5) is 13.4. The maximum absolute atomic E-state index is 14.2. The van der Waals surface area contributed by atoms with Crippen LogP contribution >= 0.6 is 0 Å². The lowest BCUT2D eigenvalue weighted by Gasteiger charge is -2.46. The zero-order valence-electron chi connectivity index (χ0n) is 13.6. The normalized spacial score (nSPS) is 23.0. The van der Waals surface area contributed by atoms with Crippen molar-refractivity contribution in [2.24, 2.45) is 5.41 Å². The summed E-state index contributed by atoms with van der Waals surface area (Å²) in [6, 6.07) is -1.22. The second kappa shape index (κ2) is 6.07. The van der Waals surface area contributed by atoms with E-state index in [9.17, 15) is 13.6 Å². The second-order valence-electron chi connectivity index (χ2n) is 7.56. The summed E-state index contributed by atoms with van der Waals surface area (Å²) in [5.41, 5.74) is -0.946.